The first-order chi connectivity index (χ1) is 7.49. The molecular weight excluding hydrogens is 315 g/mol. The summed E-state index contributed by atoms with van der Waals surface area (Å²) < 4.78 is 1.17. The highest BCUT2D eigenvalue weighted by atomic mass is 127. The summed E-state index contributed by atoms with van der Waals surface area (Å²) in [4.78, 5) is 11.6. The van der Waals surface area contributed by atoms with Crippen molar-refractivity contribution in [2.24, 2.45) is 5.73 Å². The lowest BCUT2D eigenvalue weighted by atomic mass is 10.1. The molecule has 0 radical (unpaired) electrons. The number of hydrogen-bond acceptors (Lipinski definition) is 2. The maximum absolute atomic E-state index is 11.6. The van der Waals surface area contributed by atoms with Gasteiger partial charge < -0.3 is 11.1 Å². The Morgan fingerprint density at radius 1 is 1.56 bits per heavy atom. The summed E-state index contributed by atoms with van der Waals surface area (Å²) >= 11 is 2.25. The van der Waals surface area contributed by atoms with Crippen molar-refractivity contribution >= 4 is 34.2 Å². The number of amides is 1. The van der Waals surface area contributed by atoms with Crippen molar-refractivity contribution < 1.29 is 4.79 Å². The van der Waals surface area contributed by atoms with Gasteiger partial charge in [0.2, 0.25) is 5.91 Å². The van der Waals surface area contributed by atoms with E-state index >= 15 is 0 Å². The highest BCUT2D eigenvalue weighted by Gasteiger charge is 2.06. The Morgan fingerprint density at radius 3 is 2.81 bits per heavy atom. The van der Waals surface area contributed by atoms with Crippen LogP contribution in [0.15, 0.2) is 18.2 Å². The number of carbonyl (C=O) groups is 1. The Hall–Kier alpha value is -0.620. The summed E-state index contributed by atoms with van der Waals surface area (Å²) in [6, 6.07) is 6.03. The average molecular weight is 332 g/mol. The molecule has 1 amide bonds. The van der Waals surface area contributed by atoms with E-state index in [9.17, 15) is 4.79 Å². The molecule has 88 valence electrons. The van der Waals surface area contributed by atoms with Crippen LogP contribution in [-0.2, 0) is 4.79 Å². The third-order valence-corrected chi connectivity index (χ3v) is 2.96. The molecule has 0 aromatic heterocycles. The van der Waals surface area contributed by atoms with Crippen LogP contribution in [0.2, 0.25) is 0 Å². The first-order valence-electron chi connectivity index (χ1n) is 5.30. The first-order valence-corrected chi connectivity index (χ1v) is 6.38. The van der Waals surface area contributed by atoms with Gasteiger partial charge in [-0.25, -0.2) is 0 Å². The summed E-state index contributed by atoms with van der Waals surface area (Å²) in [7, 11) is 0. The molecule has 4 heteroatoms. The van der Waals surface area contributed by atoms with Gasteiger partial charge in [0, 0.05) is 21.7 Å². The van der Waals surface area contributed by atoms with Crippen LogP contribution < -0.4 is 11.1 Å². The van der Waals surface area contributed by atoms with Gasteiger partial charge in [0.1, 0.15) is 0 Å². The van der Waals surface area contributed by atoms with E-state index < -0.39 is 0 Å². The van der Waals surface area contributed by atoms with Crippen LogP contribution in [0.4, 0.5) is 5.69 Å². The molecule has 1 aromatic carbocycles. The van der Waals surface area contributed by atoms with E-state index in [1.165, 1.54) is 3.57 Å². The molecule has 0 fully saturated rings. The van der Waals surface area contributed by atoms with Gasteiger partial charge in [-0.05, 0) is 66.6 Å². The van der Waals surface area contributed by atoms with Crippen LogP contribution in [0.5, 0.6) is 0 Å². The number of nitrogens with two attached hydrogens (primary N) is 1. The SMILES string of the molecule is Cc1cc(I)ccc1NC(=O)CCC(C)N. The quantitative estimate of drug-likeness (QED) is 0.833. The van der Waals surface area contributed by atoms with E-state index in [0.717, 1.165) is 17.7 Å². The van der Waals surface area contributed by atoms with Crippen molar-refractivity contribution in [1.82, 2.24) is 0 Å². The molecule has 1 rings (SSSR count). The molecule has 0 aliphatic carbocycles. The number of rotatable bonds is 4. The zero-order valence-electron chi connectivity index (χ0n) is 9.59. The highest BCUT2D eigenvalue weighted by molar-refractivity contribution is 14.1. The predicted molar refractivity (Wildman–Crippen MR) is 75.4 cm³/mol. The van der Waals surface area contributed by atoms with Gasteiger partial charge in [-0.2, -0.15) is 0 Å². The summed E-state index contributed by atoms with van der Waals surface area (Å²) in [5, 5.41) is 2.89. The van der Waals surface area contributed by atoms with Crippen LogP contribution in [0, 0.1) is 10.5 Å². The van der Waals surface area contributed by atoms with Gasteiger partial charge in [0.15, 0.2) is 0 Å². The number of aryl methyl sites for hydroxylation is 1. The van der Waals surface area contributed by atoms with Crippen molar-refractivity contribution in [1.29, 1.82) is 0 Å². The lowest BCUT2D eigenvalue weighted by Gasteiger charge is -2.09. The Balaban J connectivity index is 2.56. The van der Waals surface area contributed by atoms with E-state index in [0.29, 0.717) is 6.42 Å². The Bertz CT molecular complexity index is 377. The van der Waals surface area contributed by atoms with Gasteiger partial charge in [-0.15, -0.1) is 0 Å². The maximum Gasteiger partial charge on any atom is 0.224 e. The second-order valence-electron chi connectivity index (χ2n) is 4.02. The van der Waals surface area contributed by atoms with Crippen molar-refractivity contribution in [2.75, 3.05) is 5.32 Å². The Morgan fingerprint density at radius 2 is 2.25 bits per heavy atom. The molecule has 3 nitrogen and oxygen atoms in total. The van der Waals surface area contributed by atoms with Crippen molar-refractivity contribution in [3.8, 4) is 0 Å². The Kier molecular flexibility index (Phi) is 5.21. The van der Waals surface area contributed by atoms with Gasteiger partial charge in [-0.1, -0.05) is 0 Å². The van der Waals surface area contributed by atoms with E-state index in [-0.39, 0.29) is 11.9 Å². The molecule has 0 spiro atoms. The minimum atomic E-state index is 0.0293. The molecule has 1 atom stereocenters. The van der Waals surface area contributed by atoms with Crippen LogP contribution in [0.25, 0.3) is 0 Å². The molecule has 0 bridgehead atoms. The fourth-order valence-corrected chi connectivity index (χ4v) is 1.99. The number of carbonyl (C=O) groups excluding carboxylic acids is 1. The summed E-state index contributed by atoms with van der Waals surface area (Å²) in [6.45, 7) is 3.90. The second kappa shape index (κ2) is 6.20. The van der Waals surface area contributed by atoms with Crippen LogP contribution >= 0.6 is 22.6 Å². The number of halogens is 1. The van der Waals surface area contributed by atoms with E-state index in [4.69, 9.17) is 5.73 Å². The molecule has 1 aromatic rings. The molecule has 0 saturated carbocycles. The smallest absolute Gasteiger partial charge is 0.224 e. The van der Waals surface area contributed by atoms with E-state index in [1.54, 1.807) is 0 Å². The molecular formula is C12H17IN2O. The molecule has 16 heavy (non-hydrogen) atoms. The summed E-state index contributed by atoms with van der Waals surface area (Å²) in [6.07, 6.45) is 1.19. The van der Waals surface area contributed by atoms with Gasteiger partial charge in [0.05, 0.1) is 0 Å². The summed E-state index contributed by atoms with van der Waals surface area (Å²) in [5.74, 6) is 0.0293. The molecule has 3 N–H and O–H groups in total. The van der Waals surface area contributed by atoms with Gasteiger partial charge in [0.25, 0.3) is 0 Å². The molecule has 1 unspecified atom stereocenters. The lowest BCUT2D eigenvalue weighted by molar-refractivity contribution is -0.116. The van der Waals surface area contributed by atoms with Crippen molar-refractivity contribution in [2.45, 2.75) is 32.7 Å². The van der Waals surface area contributed by atoms with E-state index in [1.807, 2.05) is 32.0 Å². The highest BCUT2D eigenvalue weighted by Crippen LogP contribution is 2.17. The fourth-order valence-electron chi connectivity index (χ4n) is 1.34. The zero-order valence-corrected chi connectivity index (χ0v) is 11.7. The average Bonchev–Trinajstić information content (AvgIpc) is 2.19. The minimum Gasteiger partial charge on any atom is -0.328 e. The molecule has 0 aliphatic heterocycles. The molecule has 0 heterocycles. The number of hydrogen-bond donors (Lipinski definition) is 2. The van der Waals surface area contributed by atoms with Crippen LogP contribution in [0.3, 0.4) is 0 Å². The molecule has 0 aliphatic rings. The summed E-state index contributed by atoms with van der Waals surface area (Å²) in [5.41, 5.74) is 7.57. The monoisotopic (exact) mass is 332 g/mol. The third-order valence-electron chi connectivity index (χ3n) is 2.29. The first kappa shape index (κ1) is 13.4. The number of anilines is 1. The third kappa shape index (κ3) is 4.49. The standard InChI is InChI=1S/C12H17IN2O/c1-8-7-10(13)4-5-11(8)15-12(16)6-3-9(2)14/h4-5,7,9H,3,6,14H2,1-2H3,(H,15,16). The number of nitrogens with one attached hydrogen (secondary N) is 1. The topological polar surface area (TPSA) is 55.1 Å². The fraction of sp³-hybridized carbons (Fsp3) is 0.417. The largest absolute Gasteiger partial charge is 0.328 e. The molecule has 0 saturated heterocycles. The second-order valence-corrected chi connectivity index (χ2v) is 5.27. The minimum absolute atomic E-state index is 0.0293. The van der Waals surface area contributed by atoms with Crippen LogP contribution in [-0.4, -0.2) is 11.9 Å². The van der Waals surface area contributed by atoms with E-state index in [2.05, 4.69) is 27.9 Å². The lowest BCUT2D eigenvalue weighted by Crippen LogP contribution is -2.19. The maximum atomic E-state index is 11.6. The van der Waals surface area contributed by atoms with Crippen molar-refractivity contribution in [3.05, 3.63) is 27.3 Å². The van der Waals surface area contributed by atoms with Crippen molar-refractivity contribution in [3.63, 3.8) is 0 Å². The Labute approximate surface area is 110 Å². The van der Waals surface area contributed by atoms with Gasteiger partial charge >= 0.3 is 0 Å². The number of benzene rings is 1. The van der Waals surface area contributed by atoms with Gasteiger partial charge in [-0.3, -0.25) is 4.79 Å². The predicted octanol–water partition coefficient (Wildman–Crippen LogP) is 2.67. The normalized spacial score (nSPS) is 12.2. The van der Waals surface area contributed by atoms with Crippen LogP contribution in [0.1, 0.15) is 25.3 Å². The zero-order chi connectivity index (χ0) is 12.1.